The predicted octanol–water partition coefficient (Wildman–Crippen LogP) is 0.997. The Labute approximate surface area is 83.3 Å². The quantitative estimate of drug-likeness (QED) is 0.582. The van der Waals surface area contributed by atoms with Gasteiger partial charge < -0.3 is 0 Å². The van der Waals surface area contributed by atoms with Gasteiger partial charge in [0.2, 0.25) is 6.08 Å². The summed E-state index contributed by atoms with van der Waals surface area (Å²) in [4.78, 5) is 26.6. The van der Waals surface area contributed by atoms with Crippen LogP contribution in [-0.4, -0.2) is 16.2 Å². The summed E-state index contributed by atoms with van der Waals surface area (Å²) in [7, 11) is 0. The molecule has 1 N–H and O–H groups in total. The summed E-state index contributed by atoms with van der Waals surface area (Å²) in [6, 6.07) is 6.60. The van der Waals surface area contributed by atoms with Gasteiger partial charge in [-0.1, -0.05) is 17.3 Å². The van der Waals surface area contributed by atoms with Crippen molar-refractivity contribution >= 4 is 11.8 Å². The summed E-state index contributed by atoms with van der Waals surface area (Å²) >= 11 is 0. The van der Waals surface area contributed by atoms with Gasteiger partial charge in [-0.3, -0.25) is 9.51 Å². The Morgan fingerprint density at radius 1 is 1.47 bits per heavy atom. The van der Waals surface area contributed by atoms with Gasteiger partial charge in [0.05, 0.1) is 5.69 Å². The van der Waals surface area contributed by atoms with Crippen LogP contribution < -0.4 is 5.76 Å². The van der Waals surface area contributed by atoms with Crippen LogP contribution in [0.4, 0.5) is 5.69 Å². The van der Waals surface area contributed by atoms with E-state index in [1.54, 1.807) is 24.3 Å². The number of aromatic amines is 1. The van der Waals surface area contributed by atoms with Crippen LogP contribution in [0.2, 0.25) is 0 Å². The molecule has 0 saturated carbocycles. The van der Waals surface area contributed by atoms with Gasteiger partial charge in [-0.15, -0.1) is 0 Å². The molecule has 0 atom stereocenters. The van der Waals surface area contributed by atoms with Crippen molar-refractivity contribution in [1.82, 2.24) is 10.1 Å². The molecule has 0 fully saturated rings. The van der Waals surface area contributed by atoms with Gasteiger partial charge in [-0.25, -0.2) is 9.59 Å². The highest BCUT2D eigenvalue weighted by Gasteiger charge is 2.03. The van der Waals surface area contributed by atoms with Crippen molar-refractivity contribution < 1.29 is 9.32 Å². The Kier molecular flexibility index (Phi) is 2.26. The Bertz CT molecular complexity index is 578. The SMILES string of the molecule is O=C=Nc1cccc(-c2noc(=O)[nH]2)c1. The van der Waals surface area contributed by atoms with Gasteiger partial charge >= 0.3 is 5.76 Å². The largest absolute Gasteiger partial charge is 0.439 e. The normalized spacial score (nSPS) is 9.60. The lowest BCUT2D eigenvalue weighted by Crippen LogP contribution is -1.94. The maximum atomic E-state index is 10.7. The molecular weight excluding hydrogens is 198 g/mol. The molecule has 0 aliphatic carbocycles. The second-order valence-electron chi connectivity index (χ2n) is 2.70. The van der Waals surface area contributed by atoms with Gasteiger partial charge in [0, 0.05) is 5.56 Å². The summed E-state index contributed by atoms with van der Waals surface area (Å²) in [5, 5.41) is 3.50. The van der Waals surface area contributed by atoms with Crippen molar-refractivity contribution in [2.75, 3.05) is 0 Å². The molecule has 0 bridgehead atoms. The average molecular weight is 203 g/mol. The second kappa shape index (κ2) is 3.73. The fourth-order valence-corrected chi connectivity index (χ4v) is 1.13. The number of benzene rings is 1. The molecule has 0 aliphatic rings. The number of aromatic nitrogens is 2. The van der Waals surface area contributed by atoms with E-state index in [1.165, 1.54) is 6.08 Å². The lowest BCUT2D eigenvalue weighted by molar-refractivity contribution is 0.388. The maximum Gasteiger partial charge on any atom is 0.439 e. The smallest absolute Gasteiger partial charge is 0.296 e. The number of isocyanates is 1. The van der Waals surface area contributed by atoms with E-state index in [1.807, 2.05) is 0 Å². The molecule has 0 unspecified atom stereocenters. The highest BCUT2D eigenvalue weighted by molar-refractivity contribution is 5.61. The summed E-state index contributed by atoms with van der Waals surface area (Å²) < 4.78 is 4.35. The fraction of sp³-hybridized carbons (Fsp3) is 0. The van der Waals surface area contributed by atoms with Crippen molar-refractivity contribution in [2.24, 2.45) is 4.99 Å². The van der Waals surface area contributed by atoms with E-state index >= 15 is 0 Å². The molecular formula is C9H5N3O3. The fourth-order valence-electron chi connectivity index (χ4n) is 1.13. The number of hydrogen-bond acceptors (Lipinski definition) is 5. The Hall–Kier alpha value is -2.46. The van der Waals surface area contributed by atoms with Crippen molar-refractivity contribution in [1.29, 1.82) is 0 Å². The second-order valence-corrected chi connectivity index (χ2v) is 2.70. The molecule has 74 valence electrons. The molecule has 1 heterocycles. The molecule has 1 aromatic carbocycles. The van der Waals surface area contributed by atoms with Gasteiger partial charge in [0.25, 0.3) is 0 Å². The first-order valence-corrected chi connectivity index (χ1v) is 4.04. The number of H-pyrrole nitrogens is 1. The first kappa shape index (κ1) is 9.11. The van der Waals surface area contributed by atoms with Crippen molar-refractivity contribution in [3.8, 4) is 11.4 Å². The number of carbonyl (C=O) groups excluding carboxylic acids is 1. The molecule has 15 heavy (non-hydrogen) atoms. The molecule has 0 spiro atoms. The standard InChI is InChI=1S/C9H5N3O3/c13-5-10-7-3-1-2-6(4-7)8-11-9(14)15-12-8/h1-4H,(H,11,12,14). The molecule has 0 aliphatic heterocycles. The summed E-state index contributed by atoms with van der Waals surface area (Å²) in [6.07, 6.45) is 1.43. The Morgan fingerprint density at radius 3 is 3.00 bits per heavy atom. The number of nitrogens with zero attached hydrogens (tertiary/aromatic N) is 2. The van der Waals surface area contributed by atoms with Crippen LogP contribution in [0.5, 0.6) is 0 Å². The van der Waals surface area contributed by atoms with Gasteiger partial charge in [0.15, 0.2) is 5.82 Å². The van der Waals surface area contributed by atoms with Crippen LogP contribution >= 0.6 is 0 Å². The summed E-state index contributed by atoms with van der Waals surface area (Å²) in [5.41, 5.74) is 1.05. The Balaban J connectivity index is 2.49. The highest BCUT2D eigenvalue weighted by Crippen LogP contribution is 2.19. The third-order valence-corrected chi connectivity index (χ3v) is 1.73. The first-order valence-electron chi connectivity index (χ1n) is 4.04. The molecule has 0 radical (unpaired) electrons. The molecule has 6 nitrogen and oxygen atoms in total. The van der Waals surface area contributed by atoms with Crippen LogP contribution in [0.1, 0.15) is 0 Å². The van der Waals surface area contributed by atoms with Gasteiger partial charge in [-0.2, -0.15) is 4.99 Å². The van der Waals surface area contributed by atoms with Gasteiger partial charge in [-0.05, 0) is 12.1 Å². The molecule has 0 saturated heterocycles. The third kappa shape index (κ3) is 1.90. The van der Waals surface area contributed by atoms with Crippen LogP contribution in [0.25, 0.3) is 11.4 Å². The minimum atomic E-state index is -0.630. The van der Waals surface area contributed by atoms with E-state index in [0.29, 0.717) is 17.1 Å². The number of rotatable bonds is 2. The van der Waals surface area contributed by atoms with Crippen LogP contribution in [0.3, 0.4) is 0 Å². The van der Waals surface area contributed by atoms with Crippen LogP contribution in [-0.2, 0) is 4.79 Å². The number of nitrogens with one attached hydrogen (secondary N) is 1. The zero-order valence-corrected chi connectivity index (χ0v) is 7.43. The minimum Gasteiger partial charge on any atom is -0.296 e. The maximum absolute atomic E-state index is 10.7. The average Bonchev–Trinajstić information content (AvgIpc) is 2.66. The van der Waals surface area contributed by atoms with E-state index in [0.717, 1.165) is 0 Å². The van der Waals surface area contributed by atoms with Crippen LogP contribution in [0.15, 0.2) is 38.6 Å². The number of hydrogen-bond donors (Lipinski definition) is 1. The summed E-state index contributed by atoms with van der Waals surface area (Å²) in [5.74, 6) is -0.336. The molecule has 2 rings (SSSR count). The van der Waals surface area contributed by atoms with E-state index < -0.39 is 5.76 Å². The predicted molar refractivity (Wildman–Crippen MR) is 50.3 cm³/mol. The molecule has 6 heteroatoms. The Morgan fingerprint density at radius 2 is 2.33 bits per heavy atom. The molecule has 1 aromatic heterocycles. The van der Waals surface area contributed by atoms with E-state index in [2.05, 4.69) is 19.7 Å². The van der Waals surface area contributed by atoms with E-state index in [-0.39, 0.29) is 0 Å². The number of aliphatic imine (C=N–C) groups is 1. The van der Waals surface area contributed by atoms with Crippen molar-refractivity contribution in [2.45, 2.75) is 0 Å². The summed E-state index contributed by atoms with van der Waals surface area (Å²) in [6.45, 7) is 0. The van der Waals surface area contributed by atoms with E-state index in [9.17, 15) is 9.59 Å². The first-order chi connectivity index (χ1) is 7.29. The topological polar surface area (TPSA) is 88.3 Å². The van der Waals surface area contributed by atoms with Crippen molar-refractivity contribution in [3.63, 3.8) is 0 Å². The van der Waals surface area contributed by atoms with Gasteiger partial charge in [0.1, 0.15) is 0 Å². The zero-order chi connectivity index (χ0) is 10.7. The monoisotopic (exact) mass is 203 g/mol. The highest BCUT2D eigenvalue weighted by atomic mass is 16.5. The lowest BCUT2D eigenvalue weighted by Gasteiger charge is -1.94. The van der Waals surface area contributed by atoms with E-state index in [4.69, 9.17) is 0 Å². The zero-order valence-electron chi connectivity index (χ0n) is 7.43. The van der Waals surface area contributed by atoms with Crippen molar-refractivity contribution in [3.05, 3.63) is 34.8 Å². The van der Waals surface area contributed by atoms with Crippen LogP contribution in [0, 0.1) is 0 Å². The third-order valence-electron chi connectivity index (χ3n) is 1.73. The molecule has 0 amide bonds. The molecule has 2 aromatic rings. The minimum absolute atomic E-state index is 0.294. The lowest BCUT2D eigenvalue weighted by atomic mass is 10.2.